The number of carbonyl (C=O) groups excluding carboxylic acids is 1. The van der Waals surface area contributed by atoms with Gasteiger partial charge in [0.25, 0.3) is 0 Å². The maximum absolute atomic E-state index is 11.0. The molecule has 0 amide bonds. The molecule has 5 heteroatoms. The Morgan fingerprint density at radius 3 is 2.82 bits per heavy atom. The third-order valence-corrected chi connectivity index (χ3v) is 1.40. The highest BCUT2D eigenvalue weighted by molar-refractivity contribution is 5.90. The number of aromatic nitrogens is 2. The van der Waals surface area contributed by atoms with Crippen LogP contribution in [0.1, 0.15) is 10.5 Å². The summed E-state index contributed by atoms with van der Waals surface area (Å²) in [6.45, 7) is 0. The molecular weight excluding hydrogens is 146 g/mol. The van der Waals surface area contributed by atoms with E-state index in [1.165, 1.54) is 18.0 Å². The van der Waals surface area contributed by atoms with E-state index in [4.69, 9.17) is 5.73 Å². The van der Waals surface area contributed by atoms with Crippen molar-refractivity contribution in [3.05, 3.63) is 11.9 Å². The number of aryl methyl sites for hydroxylation is 1. The zero-order valence-electron chi connectivity index (χ0n) is 6.42. The summed E-state index contributed by atoms with van der Waals surface area (Å²) in [4.78, 5) is 11.0. The summed E-state index contributed by atoms with van der Waals surface area (Å²) in [5.41, 5.74) is 6.19. The molecule has 1 aromatic rings. The molecule has 3 N–H and O–H groups in total. The predicted molar refractivity (Wildman–Crippen MR) is 37.7 cm³/mol. The van der Waals surface area contributed by atoms with Crippen molar-refractivity contribution in [3.8, 4) is 0 Å². The van der Waals surface area contributed by atoms with Crippen LogP contribution in [0.4, 0.5) is 5.69 Å². The van der Waals surface area contributed by atoms with E-state index in [1.54, 1.807) is 7.05 Å². The monoisotopic (exact) mass is 156 g/mol. The highest BCUT2D eigenvalue weighted by Gasteiger charge is 2.23. The molecule has 0 aromatic carbocycles. The lowest BCUT2D eigenvalue weighted by Crippen LogP contribution is -2.37. The van der Waals surface area contributed by atoms with Crippen LogP contribution in [-0.2, 0) is 11.8 Å². The molecule has 0 saturated carbocycles. The number of nitrogens with two attached hydrogens (primary N) is 1. The molecule has 0 aliphatic rings. The molecule has 0 atom stereocenters. The van der Waals surface area contributed by atoms with Gasteiger partial charge in [0.05, 0.1) is 13.3 Å². The largest absolute Gasteiger partial charge is 0.461 e. The summed E-state index contributed by atoms with van der Waals surface area (Å²) in [6, 6.07) is 0. The van der Waals surface area contributed by atoms with Gasteiger partial charge in [0.2, 0.25) is 0 Å². The molecule has 1 heterocycles. The Balaban J connectivity index is 3.10. The van der Waals surface area contributed by atoms with Gasteiger partial charge in [-0.25, -0.2) is 4.79 Å². The molecular formula is C6H10N3O2+. The Kier molecular flexibility index (Phi) is 1.80. The smallest absolute Gasteiger partial charge is 0.408 e. The number of esters is 1. The minimum absolute atomic E-state index is 0.340. The SMILES string of the molecule is COC(=O)c1c(N)c[nH][n+]1C. The van der Waals surface area contributed by atoms with Gasteiger partial charge >= 0.3 is 11.7 Å². The van der Waals surface area contributed by atoms with Crippen molar-refractivity contribution in [2.24, 2.45) is 7.05 Å². The number of anilines is 1. The van der Waals surface area contributed by atoms with Gasteiger partial charge in [-0.15, -0.1) is 4.68 Å². The number of nitrogens with zero attached hydrogens (tertiary/aromatic N) is 1. The first-order valence-corrected chi connectivity index (χ1v) is 3.08. The molecule has 0 unspecified atom stereocenters. The van der Waals surface area contributed by atoms with Crippen molar-refractivity contribution in [2.75, 3.05) is 12.8 Å². The number of hydrogen-bond acceptors (Lipinski definition) is 3. The lowest BCUT2D eigenvalue weighted by Gasteiger charge is -1.91. The lowest BCUT2D eigenvalue weighted by molar-refractivity contribution is -0.728. The third-order valence-electron chi connectivity index (χ3n) is 1.40. The van der Waals surface area contributed by atoms with Crippen LogP contribution in [-0.4, -0.2) is 18.2 Å². The first-order valence-electron chi connectivity index (χ1n) is 3.08. The molecule has 0 aliphatic carbocycles. The molecule has 0 radical (unpaired) electrons. The van der Waals surface area contributed by atoms with E-state index in [1.807, 2.05) is 0 Å². The van der Waals surface area contributed by atoms with Crippen LogP contribution in [0.15, 0.2) is 6.20 Å². The van der Waals surface area contributed by atoms with Crippen LogP contribution < -0.4 is 10.4 Å². The number of aromatic amines is 1. The van der Waals surface area contributed by atoms with E-state index in [2.05, 4.69) is 9.84 Å². The summed E-state index contributed by atoms with van der Waals surface area (Å²) in [6.07, 6.45) is 1.53. The fourth-order valence-electron chi connectivity index (χ4n) is 0.844. The molecule has 1 aromatic heterocycles. The average Bonchev–Trinajstić information content (AvgIpc) is 2.30. The molecule has 0 bridgehead atoms. The standard InChI is InChI=1S/C6H9N3O2/c1-9-5(6(10)11-2)4(7)3-8-9/h3H,1-2H3,(H2,7,10)/p+1. The van der Waals surface area contributed by atoms with E-state index >= 15 is 0 Å². The van der Waals surface area contributed by atoms with E-state index in [0.29, 0.717) is 11.4 Å². The van der Waals surface area contributed by atoms with E-state index < -0.39 is 5.97 Å². The molecule has 0 fully saturated rings. The number of rotatable bonds is 1. The van der Waals surface area contributed by atoms with Crippen LogP contribution in [0, 0.1) is 0 Å². The fraction of sp³-hybridized carbons (Fsp3) is 0.333. The highest BCUT2D eigenvalue weighted by atomic mass is 16.5. The Hall–Kier alpha value is -1.52. The van der Waals surface area contributed by atoms with Gasteiger partial charge in [-0.1, -0.05) is 0 Å². The van der Waals surface area contributed by atoms with Crippen molar-refractivity contribution < 1.29 is 14.2 Å². The van der Waals surface area contributed by atoms with Crippen LogP contribution in [0.5, 0.6) is 0 Å². The normalized spacial score (nSPS) is 9.64. The van der Waals surface area contributed by atoms with Crippen molar-refractivity contribution in [1.82, 2.24) is 5.10 Å². The van der Waals surface area contributed by atoms with Crippen molar-refractivity contribution in [3.63, 3.8) is 0 Å². The van der Waals surface area contributed by atoms with Crippen LogP contribution in [0.3, 0.4) is 0 Å². The number of H-pyrrole nitrogens is 1. The summed E-state index contributed by atoms with van der Waals surface area (Å²) in [5, 5.41) is 2.74. The van der Waals surface area contributed by atoms with Crippen molar-refractivity contribution in [2.45, 2.75) is 0 Å². The average molecular weight is 156 g/mol. The third kappa shape index (κ3) is 1.17. The Morgan fingerprint density at radius 2 is 2.45 bits per heavy atom. The molecule has 0 saturated heterocycles. The van der Waals surface area contributed by atoms with Gasteiger partial charge in [-0.3, -0.25) is 0 Å². The molecule has 1 rings (SSSR count). The number of nitrogen functional groups attached to an aromatic ring is 1. The number of hydrogen-bond donors (Lipinski definition) is 2. The van der Waals surface area contributed by atoms with Gasteiger partial charge in [0.1, 0.15) is 5.69 Å². The molecule has 5 nitrogen and oxygen atoms in total. The number of carbonyl (C=O) groups is 1. The Bertz CT molecular complexity index is 260. The van der Waals surface area contributed by atoms with Crippen molar-refractivity contribution >= 4 is 11.7 Å². The maximum Gasteiger partial charge on any atom is 0.408 e. The van der Waals surface area contributed by atoms with E-state index in [0.717, 1.165) is 0 Å². The summed E-state index contributed by atoms with van der Waals surface area (Å²) >= 11 is 0. The van der Waals surface area contributed by atoms with Crippen LogP contribution in [0.2, 0.25) is 0 Å². The lowest BCUT2D eigenvalue weighted by atomic mass is 10.4. The van der Waals surface area contributed by atoms with Gasteiger partial charge in [0, 0.05) is 0 Å². The summed E-state index contributed by atoms with van der Waals surface area (Å²) < 4.78 is 6.00. The van der Waals surface area contributed by atoms with Gasteiger partial charge < -0.3 is 10.5 Å². The van der Waals surface area contributed by atoms with Gasteiger partial charge in [-0.05, 0) is 0 Å². The molecule has 0 spiro atoms. The fourth-order valence-corrected chi connectivity index (χ4v) is 0.844. The number of methoxy groups -OCH3 is 1. The van der Waals surface area contributed by atoms with Crippen LogP contribution in [0.25, 0.3) is 0 Å². The number of nitrogens with one attached hydrogen (secondary N) is 1. The Labute approximate surface area is 63.7 Å². The van der Waals surface area contributed by atoms with Crippen molar-refractivity contribution in [1.29, 1.82) is 0 Å². The van der Waals surface area contributed by atoms with Gasteiger partial charge in [0.15, 0.2) is 7.05 Å². The zero-order chi connectivity index (χ0) is 8.43. The minimum atomic E-state index is -0.439. The molecule has 60 valence electrons. The first kappa shape index (κ1) is 7.59. The zero-order valence-corrected chi connectivity index (χ0v) is 6.42. The number of ether oxygens (including phenoxy) is 1. The topological polar surface area (TPSA) is 72.0 Å². The Morgan fingerprint density at radius 1 is 1.82 bits per heavy atom. The predicted octanol–water partition coefficient (Wildman–Crippen LogP) is -0.792. The first-order chi connectivity index (χ1) is 5.16. The quantitative estimate of drug-likeness (QED) is 0.413. The summed E-state index contributed by atoms with van der Waals surface area (Å²) in [5.74, 6) is -0.439. The highest BCUT2D eigenvalue weighted by Crippen LogP contribution is 2.04. The molecule has 11 heavy (non-hydrogen) atoms. The van der Waals surface area contributed by atoms with Gasteiger partial charge in [-0.2, -0.15) is 5.10 Å². The second-order valence-corrected chi connectivity index (χ2v) is 2.13. The van der Waals surface area contributed by atoms with Crippen LogP contribution >= 0.6 is 0 Å². The summed E-state index contributed by atoms with van der Waals surface area (Å²) in [7, 11) is 3.00. The minimum Gasteiger partial charge on any atom is -0.461 e. The second kappa shape index (κ2) is 2.61. The van der Waals surface area contributed by atoms with E-state index in [-0.39, 0.29) is 0 Å². The molecule has 0 aliphatic heterocycles. The maximum atomic E-state index is 11.0. The van der Waals surface area contributed by atoms with E-state index in [9.17, 15) is 4.79 Å². The second-order valence-electron chi connectivity index (χ2n) is 2.13.